The maximum atomic E-state index is 12.1. The van der Waals surface area contributed by atoms with Gasteiger partial charge in [-0.25, -0.2) is 9.59 Å². The number of hydrogen-bond donors (Lipinski definition) is 1. The van der Waals surface area contributed by atoms with E-state index >= 15 is 0 Å². The first-order valence-electron chi connectivity index (χ1n) is 7.95. The molecule has 0 aliphatic rings. The molecule has 1 aromatic heterocycles. The smallest absolute Gasteiger partial charge is 0.412 e. The van der Waals surface area contributed by atoms with Crippen LogP contribution in [0.15, 0.2) is 36.4 Å². The van der Waals surface area contributed by atoms with Crippen LogP contribution in [0.5, 0.6) is 0 Å². The number of carbonyl (C=O) groups excluding carboxylic acids is 2. The largest absolute Gasteiger partial charge is 0.462 e. The number of amides is 1. The van der Waals surface area contributed by atoms with Crippen molar-refractivity contribution in [2.75, 3.05) is 18.5 Å². The van der Waals surface area contributed by atoms with E-state index < -0.39 is 12.1 Å². The summed E-state index contributed by atoms with van der Waals surface area (Å²) in [5, 5.41) is 3.09. The van der Waals surface area contributed by atoms with Gasteiger partial charge in [-0.1, -0.05) is 43.7 Å². The summed E-state index contributed by atoms with van der Waals surface area (Å²) >= 11 is 1.32. The number of anilines is 1. The molecule has 0 aliphatic heterocycles. The van der Waals surface area contributed by atoms with Gasteiger partial charge in [-0.3, -0.25) is 5.32 Å². The molecule has 1 amide bonds. The molecule has 24 heavy (non-hydrogen) atoms. The summed E-state index contributed by atoms with van der Waals surface area (Å²) in [4.78, 5) is 24.9. The van der Waals surface area contributed by atoms with E-state index in [1.807, 2.05) is 37.3 Å². The van der Waals surface area contributed by atoms with E-state index in [4.69, 9.17) is 9.47 Å². The van der Waals surface area contributed by atoms with Crippen molar-refractivity contribution in [1.29, 1.82) is 0 Å². The van der Waals surface area contributed by atoms with Crippen molar-refractivity contribution in [1.82, 2.24) is 0 Å². The van der Waals surface area contributed by atoms with Gasteiger partial charge in [0.05, 0.1) is 18.8 Å². The second-order valence-electron chi connectivity index (χ2n) is 5.05. The van der Waals surface area contributed by atoms with Crippen LogP contribution >= 0.6 is 11.3 Å². The molecule has 2 aromatic rings. The number of ether oxygens (including phenoxy) is 2. The molecule has 128 valence electrons. The van der Waals surface area contributed by atoms with E-state index in [1.165, 1.54) is 11.3 Å². The Morgan fingerprint density at radius 1 is 1.12 bits per heavy atom. The van der Waals surface area contributed by atoms with Gasteiger partial charge in [0.2, 0.25) is 0 Å². The van der Waals surface area contributed by atoms with Crippen LogP contribution in [0.1, 0.15) is 37.0 Å². The van der Waals surface area contributed by atoms with E-state index in [0.29, 0.717) is 17.2 Å². The molecule has 0 bridgehead atoms. The number of benzene rings is 1. The molecule has 0 aliphatic carbocycles. The fourth-order valence-electron chi connectivity index (χ4n) is 2.03. The SMILES string of the molecule is CCCCOC(=O)Nc1sc(-c2ccccc2)cc1C(=O)OCC. The number of thiophene rings is 1. The summed E-state index contributed by atoms with van der Waals surface area (Å²) in [5.41, 5.74) is 1.31. The summed E-state index contributed by atoms with van der Waals surface area (Å²) in [5.74, 6) is -0.459. The van der Waals surface area contributed by atoms with Gasteiger partial charge in [0.1, 0.15) is 5.00 Å². The minimum absolute atomic E-state index is 0.274. The highest BCUT2D eigenvalue weighted by Crippen LogP contribution is 2.36. The Morgan fingerprint density at radius 2 is 1.88 bits per heavy atom. The van der Waals surface area contributed by atoms with Crippen molar-refractivity contribution < 1.29 is 19.1 Å². The van der Waals surface area contributed by atoms with Crippen LogP contribution in [0, 0.1) is 0 Å². The highest BCUT2D eigenvalue weighted by molar-refractivity contribution is 7.20. The third-order valence-electron chi connectivity index (χ3n) is 3.23. The standard InChI is InChI=1S/C18H21NO4S/c1-3-5-11-23-18(21)19-16-14(17(20)22-4-2)12-15(24-16)13-9-7-6-8-10-13/h6-10,12H,3-5,11H2,1-2H3,(H,19,21). The van der Waals surface area contributed by atoms with E-state index in [1.54, 1.807) is 13.0 Å². The number of carbonyl (C=O) groups is 2. The zero-order valence-electron chi connectivity index (χ0n) is 13.8. The number of unbranched alkanes of at least 4 members (excludes halogenated alkanes) is 1. The highest BCUT2D eigenvalue weighted by atomic mass is 32.1. The molecule has 0 fully saturated rings. The van der Waals surface area contributed by atoms with Gasteiger partial charge in [-0.05, 0) is 25.0 Å². The van der Waals surface area contributed by atoms with E-state index in [9.17, 15) is 9.59 Å². The summed E-state index contributed by atoms with van der Waals surface area (Å²) in [6.45, 7) is 4.39. The number of hydrogen-bond acceptors (Lipinski definition) is 5. The third-order valence-corrected chi connectivity index (χ3v) is 4.33. The molecule has 0 radical (unpaired) electrons. The monoisotopic (exact) mass is 347 g/mol. The lowest BCUT2D eigenvalue weighted by Crippen LogP contribution is -2.16. The van der Waals surface area contributed by atoms with Crippen LogP contribution < -0.4 is 5.32 Å². The molecular formula is C18H21NO4S. The Bertz CT molecular complexity index is 682. The molecule has 5 nitrogen and oxygen atoms in total. The van der Waals surface area contributed by atoms with Gasteiger partial charge in [0.25, 0.3) is 0 Å². The number of nitrogens with one attached hydrogen (secondary N) is 1. The van der Waals surface area contributed by atoms with Gasteiger partial charge in [0, 0.05) is 4.88 Å². The fourth-order valence-corrected chi connectivity index (χ4v) is 3.06. The van der Waals surface area contributed by atoms with Crippen molar-refractivity contribution in [3.8, 4) is 10.4 Å². The predicted octanol–water partition coefficient (Wildman–Crippen LogP) is 4.94. The molecule has 1 heterocycles. The van der Waals surface area contributed by atoms with Crippen molar-refractivity contribution >= 4 is 28.4 Å². The lowest BCUT2D eigenvalue weighted by molar-refractivity contribution is 0.0528. The Hall–Kier alpha value is -2.34. The first-order valence-corrected chi connectivity index (χ1v) is 8.77. The van der Waals surface area contributed by atoms with Crippen LogP contribution in [-0.4, -0.2) is 25.3 Å². The Morgan fingerprint density at radius 3 is 2.54 bits per heavy atom. The fraction of sp³-hybridized carbons (Fsp3) is 0.333. The molecule has 0 atom stereocenters. The minimum atomic E-state index is -0.560. The van der Waals surface area contributed by atoms with Crippen molar-refractivity contribution in [2.24, 2.45) is 0 Å². The maximum Gasteiger partial charge on any atom is 0.412 e. The molecule has 1 N–H and O–H groups in total. The normalized spacial score (nSPS) is 10.2. The van der Waals surface area contributed by atoms with Gasteiger partial charge < -0.3 is 9.47 Å². The van der Waals surface area contributed by atoms with Gasteiger partial charge >= 0.3 is 12.1 Å². The third kappa shape index (κ3) is 4.83. The predicted molar refractivity (Wildman–Crippen MR) is 95.6 cm³/mol. The molecule has 6 heteroatoms. The van der Waals surface area contributed by atoms with Crippen LogP contribution in [0.2, 0.25) is 0 Å². The van der Waals surface area contributed by atoms with E-state index in [-0.39, 0.29) is 6.61 Å². The Labute approximate surface area is 145 Å². The van der Waals surface area contributed by atoms with Gasteiger partial charge in [-0.2, -0.15) is 0 Å². The van der Waals surface area contributed by atoms with E-state index in [0.717, 1.165) is 23.3 Å². The summed E-state index contributed by atoms with van der Waals surface area (Å²) in [6, 6.07) is 11.4. The van der Waals surface area contributed by atoms with Gasteiger partial charge in [-0.15, -0.1) is 11.3 Å². The first kappa shape index (κ1) is 18.0. The van der Waals surface area contributed by atoms with Gasteiger partial charge in [0.15, 0.2) is 0 Å². The quantitative estimate of drug-likeness (QED) is 0.569. The summed E-state index contributed by atoms with van der Waals surface area (Å²) in [7, 11) is 0. The average molecular weight is 347 g/mol. The zero-order chi connectivity index (χ0) is 17.4. The second-order valence-corrected chi connectivity index (χ2v) is 6.11. The topological polar surface area (TPSA) is 64.6 Å². The van der Waals surface area contributed by atoms with Crippen LogP contribution in [0.3, 0.4) is 0 Å². The van der Waals surface area contributed by atoms with Crippen LogP contribution in [0.4, 0.5) is 9.80 Å². The van der Waals surface area contributed by atoms with Crippen molar-refractivity contribution in [3.05, 3.63) is 42.0 Å². The Balaban J connectivity index is 2.22. The molecule has 0 spiro atoms. The molecule has 0 saturated carbocycles. The molecule has 1 aromatic carbocycles. The lowest BCUT2D eigenvalue weighted by atomic mass is 10.1. The summed E-state index contributed by atoms with van der Waals surface area (Å²) < 4.78 is 10.2. The molecule has 0 unspecified atom stereocenters. The Kier molecular flexibility index (Phi) is 6.81. The number of rotatable bonds is 7. The highest BCUT2D eigenvalue weighted by Gasteiger charge is 2.20. The lowest BCUT2D eigenvalue weighted by Gasteiger charge is -2.06. The zero-order valence-corrected chi connectivity index (χ0v) is 14.7. The summed E-state index contributed by atoms with van der Waals surface area (Å²) in [6.07, 6.45) is 1.19. The van der Waals surface area contributed by atoms with Crippen LogP contribution in [-0.2, 0) is 9.47 Å². The maximum absolute atomic E-state index is 12.1. The molecule has 2 rings (SSSR count). The number of esters is 1. The van der Waals surface area contributed by atoms with E-state index in [2.05, 4.69) is 5.32 Å². The molecule has 0 saturated heterocycles. The average Bonchev–Trinajstić information content (AvgIpc) is 3.00. The van der Waals surface area contributed by atoms with Crippen molar-refractivity contribution in [2.45, 2.75) is 26.7 Å². The van der Waals surface area contributed by atoms with Crippen molar-refractivity contribution in [3.63, 3.8) is 0 Å². The first-order chi connectivity index (χ1) is 11.7. The van der Waals surface area contributed by atoms with Crippen LogP contribution in [0.25, 0.3) is 10.4 Å². The molecular weight excluding hydrogens is 326 g/mol. The minimum Gasteiger partial charge on any atom is -0.462 e. The second kappa shape index (κ2) is 9.08.